The lowest BCUT2D eigenvalue weighted by Crippen LogP contribution is -3.10. The lowest BCUT2D eigenvalue weighted by Gasteiger charge is -2.33. The standard InChI is InChI=1S/C21H25Cl2N3O3S/c1-24-12-10-17(11-13-24)25(2)21(27)15-4-9-19(23)20(14-15)30(28,29)26(3)18-7-5-16(22)6-8-18/h4-9,14,17H,10-13H2,1-3H3/p+1. The fraction of sp³-hybridized carbons (Fsp3) is 0.381. The van der Waals surface area contributed by atoms with Gasteiger partial charge in [-0.15, -0.1) is 0 Å². The Morgan fingerprint density at radius 1 is 1.03 bits per heavy atom. The molecule has 1 amide bonds. The fourth-order valence-corrected chi connectivity index (χ4v) is 5.44. The minimum Gasteiger partial charge on any atom is -0.338 e. The SMILES string of the molecule is CN(C(=O)c1ccc(Cl)c(S(=O)(=O)N(C)c2ccc(Cl)cc2)c1)C1CC[NH+](C)CC1. The third-order valence-corrected chi connectivity index (χ3v) is 8.20. The van der Waals surface area contributed by atoms with Crippen molar-refractivity contribution in [2.24, 2.45) is 0 Å². The number of hydrogen-bond donors (Lipinski definition) is 1. The number of sulfonamides is 1. The van der Waals surface area contributed by atoms with Gasteiger partial charge < -0.3 is 9.80 Å². The van der Waals surface area contributed by atoms with Crippen LogP contribution in [0.2, 0.25) is 10.0 Å². The highest BCUT2D eigenvalue weighted by Gasteiger charge is 2.29. The van der Waals surface area contributed by atoms with E-state index in [2.05, 4.69) is 7.05 Å². The predicted molar refractivity (Wildman–Crippen MR) is 120 cm³/mol. The van der Waals surface area contributed by atoms with Crippen LogP contribution in [0.25, 0.3) is 0 Å². The quantitative estimate of drug-likeness (QED) is 0.730. The van der Waals surface area contributed by atoms with Crippen LogP contribution in [-0.4, -0.2) is 59.5 Å². The van der Waals surface area contributed by atoms with Crippen molar-refractivity contribution in [1.29, 1.82) is 0 Å². The summed E-state index contributed by atoms with van der Waals surface area (Å²) in [5, 5.41) is 0.576. The zero-order valence-electron chi connectivity index (χ0n) is 17.2. The summed E-state index contributed by atoms with van der Waals surface area (Å²) in [5.74, 6) is -0.207. The number of likely N-dealkylation sites (tertiary alicyclic amines) is 1. The molecule has 30 heavy (non-hydrogen) atoms. The van der Waals surface area contributed by atoms with Crippen molar-refractivity contribution >= 4 is 44.8 Å². The van der Waals surface area contributed by atoms with Gasteiger partial charge in [-0.05, 0) is 42.5 Å². The van der Waals surface area contributed by atoms with E-state index in [1.54, 1.807) is 42.3 Å². The molecule has 1 fully saturated rings. The first kappa shape index (κ1) is 22.9. The van der Waals surface area contributed by atoms with Crippen LogP contribution in [0.3, 0.4) is 0 Å². The Bertz CT molecular complexity index is 1020. The molecule has 0 aliphatic carbocycles. The van der Waals surface area contributed by atoms with Crippen LogP contribution in [-0.2, 0) is 10.0 Å². The van der Waals surface area contributed by atoms with Gasteiger partial charge in [0.25, 0.3) is 15.9 Å². The number of nitrogens with zero attached hydrogens (tertiary/aromatic N) is 2. The minimum atomic E-state index is -3.97. The molecule has 1 saturated heterocycles. The number of rotatable bonds is 5. The second kappa shape index (κ2) is 9.14. The van der Waals surface area contributed by atoms with Gasteiger partial charge in [0.15, 0.2) is 0 Å². The molecule has 2 aromatic rings. The molecule has 3 rings (SSSR count). The van der Waals surface area contributed by atoms with Crippen LogP contribution in [0, 0.1) is 0 Å². The molecule has 0 atom stereocenters. The minimum absolute atomic E-state index is 0.0675. The van der Waals surface area contributed by atoms with Crippen LogP contribution in [0.1, 0.15) is 23.2 Å². The molecule has 0 bridgehead atoms. The highest BCUT2D eigenvalue weighted by molar-refractivity contribution is 7.93. The number of anilines is 1. The van der Waals surface area contributed by atoms with Crippen molar-refractivity contribution in [1.82, 2.24) is 4.90 Å². The van der Waals surface area contributed by atoms with Crippen molar-refractivity contribution < 1.29 is 18.1 Å². The van der Waals surface area contributed by atoms with Gasteiger partial charge in [-0.2, -0.15) is 0 Å². The monoisotopic (exact) mass is 470 g/mol. The number of carbonyl (C=O) groups is 1. The Labute approximate surface area is 188 Å². The van der Waals surface area contributed by atoms with Crippen LogP contribution < -0.4 is 9.21 Å². The summed E-state index contributed by atoms with van der Waals surface area (Å²) in [6.07, 6.45) is 1.85. The van der Waals surface area contributed by atoms with E-state index < -0.39 is 10.0 Å². The number of piperidine rings is 1. The van der Waals surface area contributed by atoms with Crippen molar-refractivity contribution in [3.05, 3.63) is 58.1 Å². The third kappa shape index (κ3) is 4.75. The van der Waals surface area contributed by atoms with Crippen molar-refractivity contribution in [2.75, 3.05) is 38.5 Å². The Kier molecular flexibility index (Phi) is 6.97. The summed E-state index contributed by atoms with van der Waals surface area (Å²) in [6, 6.07) is 11.0. The molecule has 6 nitrogen and oxygen atoms in total. The highest BCUT2D eigenvalue weighted by Crippen LogP contribution is 2.29. The Morgan fingerprint density at radius 3 is 2.23 bits per heavy atom. The smallest absolute Gasteiger partial charge is 0.265 e. The predicted octanol–water partition coefficient (Wildman–Crippen LogP) is 2.57. The first-order valence-electron chi connectivity index (χ1n) is 9.73. The molecule has 1 N–H and O–H groups in total. The van der Waals surface area contributed by atoms with E-state index >= 15 is 0 Å². The van der Waals surface area contributed by atoms with E-state index in [1.807, 2.05) is 0 Å². The molecule has 0 saturated carbocycles. The maximum atomic E-state index is 13.2. The lowest BCUT2D eigenvalue weighted by atomic mass is 10.0. The summed E-state index contributed by atoms with van der Waals surface area (Å²) in [4.78, 5) is 16.1. The van der Waals surface area contributed by atoms with Gasteiger partial charge in [0.1, 0.15) is 4.90 Å². The van der Waals surface area contributed by atoms with Crippen LogP contribution in [0.4, 0.5) is 5.69 Å². The van der Waals surface area contributed by atoms with Gasteiger partial charge in [0.2, 0.25) is 0 Å². The zero-order chi connectivity index (χ0) is 22.1. The molecule has 1 aliphatic heterocycles. The molecule has 0 radical (unpaired) electrons. The molecule has 1 aliphatic rings. The number of quaternary nitrogens is 1. The molecular weight excluding hydrogens is 445 g/mol. The summed E-state index contributed by atoms with van der Waals surface area (Å²) in [7, 11) is 1.39. The summed E-state index contributed by atoms with van der Waals surface area (Å²) < 4.78 is 27.5. The second-order valence-corrected chi connectivity index (χ2v) is 10.5. The first-order valence-corrected chi connectivity index (χ1v) is 11.9. The van der Waals surface area contributed by atoms with E-state index in [1.165, 1.54) is 24.1 Å². The fourth-order valence-electron chi connectivity index (χ4n) is 3.62. The molecular formula is C21H26Cl2N3O3S+. The average Bonchev–Trinajstić information content (AvgIpc) is 2.73. The molecule has 0 spiro atoms. The normalized spacial score (nSPS) is 19.4. The Balaban J connectivity index is 1.88. The van der Waals surface area contributed by atoms with Gasteiger partial charge in [0, 0.05) is 43.6 Å². The topological polar surface area (TPSA) is 62.1 Å². The first-order chi connectivity index (χ1) is 14.1. The Hall–Kier alpha value is -1.80. The van der Waals surface area contributed by atoms with Crippen molar-refractivity contribution in [2.45, 2.75) is 23.8 Å². The van der Waals surface area contributed by atoms with E-state index in [0.29, 0.717) is 16.3 Å². The van der Waals surface area contributed by atoms with E-state index in [9.17, 15) is 13.2 Å². The van der Waals surface area contributed by atoms with E-state index in [-0.39, 0.29) is 21.9 Å². The lowest BCUT2D eigenvalue weighted by molar-refractivity contribution is -0.885. The van der Waals surface area contributed by atoms with Gasteiger partial charge in [-0.1, -0.05) is 23.2 Å². The zero-order valence-corrected chi connectivity index (χ0v) is 19.6. The molecule has 0 unspecified atom stereocenters. The number of halogens is 2. The summed E-state index contributed by atoms with van der Waals surface area (Å²) in [6.45, 7) is 2.02. The maximum absolute atomic E-state index is 13.2. The van der Waals surface area contributed by atoms with Gasteiger partial charge >= 0.3 is 0 Å². The van der Waals surface area contributed by atoms with E-state index in [4.69, 9.17) is 23.2 Å². The second-order valence-electron chi connectivity index (χ2n) is 7.70. The van der Waals surface area contributed by atoms with Gasteiger partial charge in [-0.25, -0.2) is 8.42 Å². The third-order valence-electron chi connectivity index (χ3n) is 5.68. The van der Waals surface area contributed by atoms with Crippen LogP contribution in [0.5, 0.6) is 0 Å². The van der Waals surface area contributed by atoms with Crippen molar-refractivity contribution in [3.63, 3.8) is 0 Å². The summed E-state index contributed by atoms with van der Waals surface area (Å²) >= 11 is 12.1. The van der Waals surface area contributed by atoms with Crippen LogP contribution >= 0.6 is 23.2 Å². The largest absolute Gasteiger partial charge is 0.338 e. The van der Waals surface area contributed by atoms with Gasteiger partial charge in [0.05, 0.1) is 30.8 Å². The van der Waals surface area contributed by atoms with Crippen LogP contribution in [0.15, 0.2) is 47.4 Å². The van der Waals surface area contributed by atoms with Gasteiger partial charge in [-0.3, -0.25) is 9.10 Å². The summed E-state index contributed by atoms with van der Waals surface area (Å²) in [5.41, 5.74) is 0.745. The molecule has 2 aromatic carbocycles. The number of hydrogen-bond acceptors (Lipinski definition) is 3. The molecule has 0 aromatic heterocycles. The molecule has 1 heterocycles. The van der Waals surface area contributed by atoms with E-state index in [0.717, 1.165) is 30.2 Å². The average molecular weight is 471 g/mol. The molecule has 162 valence electrons. The number of benzene rings is 2. The number of amides is 1. The number of carbonyl (C=O) groups excluding carboxylic acids is 1. The molecule has 9 heteroatoms. The Morgan fingerprint density at radius 2 is 1.63 bits per heavy atom. The maximum Gasteiger partial charge on any atom is 0.265 e. The highest BCUT2D eigenvalue weighted by atomic mass is 35.5. The number of nitrogens with one attached hydrogen (secondary N) is 1. The van der Waals surface area contributed by atoms with Crippen molar-refractivity contribution in [3.8, 4) is 0 Å².